The summed E-state index contributed by atoms with van der Waals surface area (Å²) >= 11 is 0. The Kier molecular flexibility index (Phi) is 8.37. The zero-order chi connectivity index (χ0) is 24.7. The lowest BCUT2D eigenvalue weighted by Gasteiger charge is -2.26. The van der Waals surface area contributed by atoms with E-state index < -0.39 is 34.6 Å². The van der Waals surface area contributed by atoms with Crippen LogP contribution in [-0.4, -0.2) is 69.4 Å². The summed E-state index contributed by atoms with van der Waals surface area (Å²) < 4.78 is 42.2. The number of carbonyl (C=O) groups excluding carboxylic acids is 3. The molecule has 0 radical (unpaired) electrons. The molecule has 10 nitrogen and oxygen atoms in total. The number of hydrogen-bond acceptors (Lipinski definition) is 8. The van der Waals surface area contributed by atoms with E-state index in [-0.39, 0.29) is 23.8 Å². The zero-order valence-corrected chi connectivity index (χ0v) is 19.7. The van der Waals surface area contributed by atoms with Crippen LogP contribution in [0.25, 0.3) is 0 Å². The highest BCUT2D eigenvalue weighted by Crippen LogP contribution is 2.20. The van der Waals surface area contributed by atoms with E-state index in [2.05, 4.69) is 5.32 Å². The average Bonchev–Trinajstić information content (AvgIpc) is 2.84. The van der Waals surface area contributed by atoms with E-state index in [0.717, 1.165) is 0 Å². The number of carbonyl (C=O) groups is 3. The summed E-state index contributed by atoms with van der Waals surface area (Å²) in [6.07, 6.45) is -1.10. The molecule has 34 heavy (non-hydrogen) atoms. The minimum Gasteiger partial charge on any atom is -0.482 e. The van der Waals surface area contributed by atoms with Crippen LogP contribution in [0.5, 0.6) is 5.75 Å². The van der Waals surface area contributed by atoms with E-state index in [4.69, 9.17) is 14.2 Å². The fourth-order valence-corrected chi connectivity index (χ4v) is 4.51. The van der Waals surface area contributed by atoms with Gasteiger partial charge in [-0.2, -0.15) is 4.31 Å². The number of ketones is 1. The van der Waals surface area contributed by atoms with Crippen LogP contribution in [-0.2, 0) is 29.1 Å². The van der Waals surface area contributed by atoms with Crippen LogP contribution in [0.3, 0.4) is 0 Å². The van der Waals surface area contributed by atoms with Crippen molar-refractivity contribution in [3.05, 3.63) is 54.1 Å². The summed E-state index contributed by atoms with van der Waals surface area (Å²) in [7, 11) is -3.63. The molecule has 182 valence electrons. The van der Waals surface area contributed by atoms with Crippen molar-refractivity contribution in [2.45, 2.75) is 24.8 Å². The minimum absolute atomic E-state index is 0.0841. The maximum absolute atomic E-state index is 12.7. The van der Waals surface area contributed by atoms with E-state index in [9.17, 15) is 22.8 Å². The largest absolute Gasteiger partial charge is 0.482 e. The number of Topliss-reactive ketones (excluding diaryl/α,β-unsaturated/α-hetero) is 1. The van der Waals surface area contributed by atoms with Crippen molar-refractivity contribution in [1.29, 1.82) is 0 Å². The van der Waals surface area contributed by atoms with Gasteiger partial charge < -0.3 is 19.5 Å². The van der Waals surface area contributed by atoms with Crippen LogP contribution in [0.1, 0.15) is 24.2 Å². The molecule has 1 N–H and O–H groups in total. The van der Waals surface area contributed by atoms with Gasteiger partial charge in [-0.15, -0.1) is 0 Å². The molecule has 0 aromatic heterocycles. The maximum atomic E-state index is 12.7. The van der Waals surface area contributed by atoms with Gasteiger partial charge in [0.25, 0.3) is 5.91 Å². The molecule has 1 amide bonds. The van der Waals surface area contributed by atoms with Crippen LogP contribution in [0.4, 0.5) is 5.69 Å². The van der Waals surface area contributed by atoms with Gasteiger partial charge in [0, 0.05) is 24.3 Å². The Balaban J connectivity index is 1.48. The van der Waals surface area contributed by atoms with Crippen LogP contribution in [0, 0.1) is 0 Å². The first kappa shape index (κ1) is 25.3. The fourth-order valence-electron chi connectivity index (χ4n) is 3.10. The topological polar surface area (TPSA) is 128 Å². The Labute approximate surface area is 197 Å². The molecule has 1 saturated heterocycles. The molecule has 1 aliphatic rings. The number of hydrogen-bond donors (Lipinski definition) is 1. The predicted molar refractivity (Wildman–Crippen MR) is 122 cm³/mol. The van der Waals surface area contributed by atoms with E-state index in [1.165, 1.54) is 42.4 Å². The van der Waals surface area contributed by atoms with Crippen molar-refractivity contribution in [3.8, 4) is 5.75 Å². The first-order chi connectivity index (χ1) is 16.2. The van der Waals surface area contributed by atoms with Gasteiger partial charge in [-0.25, -0.2) is 13.2 Å². The van der Waals surface area contributed by atoms with Crippen molar-refractivity contribution >= 4 is 33.4 Å². The predicted octanol–water partition coefficient (Wildman–Crippen LogP) is 1.86. The number of nitrogens with one attached hydrogen (secondary N) is 1. The SMILES string of the molecule is CC(=O)c1ccc(OCC(=O)OC(C)C(=O)Nc2ccc(S(=O)(=O)N3CCOCC3)cc2)cc1. The summed E-state index contributed by atoms with van der Waals surface area (Å²) in [5.74, 6) is -1.03. The Morgan fingerprint density at radius 1 is 1.03 bits per heavy atom. The number of sulfonamides is 1. The lowest BCUT2D eigenvalue weighted by molar-refractivity contribution is -0.155. The highest BCUT2D eigenvalue weighted by Gasteiger charge is 2.26. The van der Waals surface area contributed by atoms with Gasteiger partial charge >= 0.3 is 5.97 Å². The molecule has 11 heteroatoms. The molecule has 1 unspecified atom stereocenters. The third kappa shape index (κ3) is 6.62. The third-order valence-corrected chi connectivity index (χ3v) is 6.94. The number of nitrogens with zero attached hydrogens (tertiary/aromatic N) is 1. The maximum Gasteiger partial charge on any atom is 0.344 e. The van der Waals surface area contributed by atoms with Crippen molar-refractivity contribution < 1.29 is 37.0 Å². The fraction of sp³-hybridized carbons (Fsp3) is 0.348. The van der Waals surface area contributed by atoms with Crippen LogP contribution in [0.2, 0.25) is 0 Å². The molecule has 0 saturated carbocycles. The lowest BCUT2D eigenvalue weighted by Crippen LogP contribution is -2.40. The van der Waals surface area contributed by atoms with Gasteiger partial charge in [-0.3, -0.25) is 9.59 Å². The van der Waals surface area contributed by atoms with Crippen molar-refractivity contribution in [1.82, 2.24) is 4.31 Å². The summed E-state index contributed by atoms with van der Waals surface area (Å²) in [6, 6.07) is 12.0. The average molecular weight is 491 g/mol. The monoisotopic (exact) mass is 490 g/mol. The van der Waals surface area contributed by atoms with Gasteiger partial charge in [0.2, 0.25) is 10.0 Å². The molecule has 0 spiro atoms. The van der Waals surface area contributed by atoms with Gasteiger partial charge in [-0.1, -0.05) is 0 Å². The molecule has 1 aliphatic heterocycles. The number of rotatable bonds is 9. The molecule has 2 aromatic rings. The highest BCUT2D eigenvalue weighted by atomic mass is 32.2. The second-order valence-electron chi connectivity index (χ2n) is 7.53. The van der Waals surface area contributed by atoms with Crippen molar-refractivity contribution in [3.63, 3.8) is 0 Å². The third-order valence-electron chi connectivity index (χ3n) is 5.02. The minimum atomic E-state index is -3.63. The number of esters is 1. The molecule has 0 bridgehead atoms. The number of amides is 1. The molecular weight excluding hydrogens is 464 g/mol. The van der Waals surface area contributed by atoms with Gasteiger partial charge in [-0.05, 0) is 62.4 Å². The zero-order valence-electron chi connectivity index (χ0n) is 18.9. The number of benzene rings is 2. The lowest BCUT2D eigenvalue weighted by atomic mass is 10.1. The second-order valence-corrected chi connectivity index (χ2v) is 9.47. The summed E-state index contributed by atoms with van der Waals surface area (Å²) in [5, 5.41) is 2.58. The number of anilines is 1. The Morgan fingerprint density at radius 2 is 1.65 bits per heavy atom. The molecule has 1 heterocycles. The smallest absolute Gasteiger partial charge is 0.344 e. The Morgan fingerprint density at radius 3 is 2.24 bits per heavy atom. The van der Waals surface area contributed by atoms with Crippen molar-refractivity contribution in [2.75, 3.05) is 38.2 Å². The van der Waals surface area contributed by atoms with Crippen LogP contribution in [0.15, 0.2) is 53.4 Å². The van der Waals surface area contributed by atoms with Gasteiger partial charge in [0.05, 0.1) is 18.1 Å². The van der Waals surface area contributed by atoms with E-state index in [0.29, 0.717) is 30.2 Å². The van der Waals surface area contributed by atoms with E-state index >= 15 is 0 Å². The van der Waals surface area contributed by atoms with Crippen molar-refractivity contribution in [2.24, 2.45) is 0 Å². The second kappa shape index (κ2) is 11.2. The normalized spacial score (nSPS) is 15.2. The molecule has 2 aromatic carbocycles. The standard InChI is InChI=1S/C23H26N2O8S/c1-16(26)18-3-7-20(8-4-18)32-15-22(27)33-17(2)23(28)24-19-5-9-21(10-6-19)34(29,30)25-11-13-31-14-12-25/h3-10,17H,11-15H2,1-2H3,(H,24,28). The molecule has 1 atom stereocenters. The Hall–Kier alpha value is -3.28. The van der Waals surface area contributed by atoms with Gasteiger partial charge in [0.1, 0.15) is 5.75 Å². The molecular formula is C23H26N2O8S. The quantitative estimate of drug-likeness (QED) is 0.417. The van der Waals surface area contributed by atoms with Gasteiger partial charge in [0.15, 0.2) is 18.5 Å². The first-order valence-corrected chi connectivity index (χ1v) is 12.0. The Bertz CT molecular complexity index is 1120. The number of morpholine rings is 1. The van der Waals surface area contributed by atoms with Crippen LogP contribution >= 0.6 is 0 Å². The van der Waals surface area contributed by atoms with E-state index in [1.807, 2.05) is 0 Å². The first-order valence-electron chi connectivity index (χ1n) is 10.6. The van der Waals surface area contributed by atoms with Crippen LogP contribution < -0.4 is 10.1 Å². The number of ether oxygens (including phenoxy) is 3. The van der Waals surface area contributed by atoms with E-state index in [1.54, 1.807) is 24.3 Å². The molecule has 1 fully saturated rings. The summed E-state index contributed by atoms with van der Waals surface area (Å²) in [4.78, 5) is 35.7. The summed E-state index contributed by atoms with van der Waals surface area (Å²) in [5.41, 5.74) is 0.877. The summed E-state index contributed by atoms with van der Waals surface area (Å²) in [6.45, 7) is 3.72. The highest BCUT2D eigenvalue weighted by molar-refractivity contribution is 7.89. The molecule has 3 rings (SSSR count). The molecule has 0 aliphatic carbocycles.